The Morgan fingerprint density at radius 2 is 2.19 bits per heavy atom. The number of benzene rings is 1. The third-order valence-electron chi connectivity index (χ3n) is 4.83. The monoisotopic (exact) mass is 559 g/mol. The van der Waals surface area contributed by atoms with Crippen LogP contribution < -0.4 is 20.3 Å². The highest BCUT2D eigenvalue weighted by molar-refractivity contribution is 14.0. The van der Waals surface area contributed by atoms with Crippen molar-refractivity contribution in [2.45, 2.75) is 33.4 Å². The molecule has 0 radical (unpaired) electrons. The lowest BCUT2D eigenvalue weighted by Gasteiger charge is -2.15. The van der Waals surface area contributed by atoms with Gasteiger partial charge in [0, 0.05) is 44.1 Å². The maximum absolute atomic E-state index is 6.15. The van der Waals surface area contributed by atoms with Gasteiger partial charge in [-0.05, 0) is 31.9 Å². The third-order valence-corrected chi connectivity index (χ3v) is 5.89. The summed E-state index contributed by atoms with van der Waals surface area (Å²) in [6, 6.07) is 6.31. The molecule has 1 aromatic carbocycles. The Morgan fingerprint density at radius 3 is 2.87 bits per heavy atom. The fourth-order valence-corrected chi connectivity index (χ4v) is 3.87. The summed E-state index contributed by atoms with van der Waals surface area (Å²) in [5, 5.41) is 9.76. The molecule has 3 rings (SSSR count). The van der Waals surface area contributed by atoms with Gasteiger partial charge in [-0.2, -0.15) is 0 Å². The number of ether oxygens (including phenoxy) is 2. The minimum Gasteiger partial charge on any atom is -0.493 e. The Kier molecular flexibility index (Phi) is 10.8. The Bertz CT molecular complexity index is 837. The number of aromatic nitrogens is 1. The first-order valence-corrected chi connectivity index (χ1v) is 11.4. The van der Waals surface area contributed by atoms with Crippen molar-refractivity contribution >= 4 is 46.4 Å². The van der Waals surface area contributed by atoms with Crippen LogP contribution in [0.4, 0.5) is 5.13 Å². The van der Waals surface area contributed by atoms with Gasteiger partial charge in [0.05, 0.1) is 32.0 Å². The van der Waals surface area contributed by atoms with Crippen molar-refractivity contribution < 1.29 is 9.47 Å². The minimum absolute atomic E-state index is 0. The van der Waals surface area contributed by atoms with Crippen molar-refractivity contribution in [1.82, 2.24) is 15.6 Å². The van der Waals surface area contributed by atoms with Crippen molar-refractivity contribution in [3.63, 3.8) is 0 Å². The van der Waals surface area contributed by atoms with Gasteiger partial charge in [0.1, 0.15) is 5.75 Å². The molecule has 0 amide bonds. The highest BCUT2D eigenvalue weighted by Crippen LogP contribution is 2.23. The molecule has 2 heterocycles. The average molecular weight is 560 g/mol. The zero-order valence-corrected chi connectivity index (χ0v) is 22.0. The minimum atomic E-state index is 0. The van der Waals surface area contributed by atoms with Crippen molar-refractivity contribution in [3.05, 3.63) is 40.4 Å². The van der Waals surface area contributed by atoms with Gasteiger partial charge in [-0.15, -0.1) is 35.3 Å². The van der Waals surface area contributed by atoms with E-state index in [1.165, 1.54) is 5.56 Å². The molecule has 2 N–H and O–H groups in total. The maximum Gasteiger partial charge on any atom is 0.191 e. The first-order chi connectivity index (χ1) is 14.5. The highest BCUT2D eigenvalue weighted by Gasteiger charge is 2.17. The Hall–Kier alpha value is -1.59. The second kappa shape index (κ2) is 13.1. The van der Waals surface area contributed by atoms with Gasteiger partial charge in [0.25, 0.3) is 0 Å². The van der Waals surface area contributed by atoms with Crippen LogP contribution in [0.1, 0.15) is 30.2 Å². The number of thiazole rings is 1. The van der Waals surface area contributed by atoms with E-state index in [-0.39, 0.29) is 24.0 Å². The molecule has 1 aliphatic rings. The van der Waals surface area contributed by atoms with Crippen LogP contribution in [0.15, 0.2) is 28.6 Å². The molecule has 7 nitrogen and oxygen atoms in total. The van der Waals surface area contributed by atoms with E-state index in [9.17, 15) is 0 Å². The first kappa shape index (κ1) is 25.7. The number of aliphatic imine (C=N–C) groups is 1. The fourth-order valence-electron chi connectivity index (χ4n) is 3.11. The van der Waals surface area contributed by atoms with Gasteiger partial charge in [-0.3, -0.25) is 0 Å². The van der Waals surface area contributed by atoms with Crippen LogP contribution in [-0.2, 0) is 17.8 Å². The highest BCUT2D eigenvalue weighted by atomic mass is 127. The average Bonchev–Trinajstić information content (AvgIpc) is 3.41. The molecule has 0 spiro atoms. The lowest BCUT2D eigenvalue weighted by Crippen LogP contribution is -2.36. The van der Waals surface area contributed by atoms with Gasteiger partial charge in [0.15, 0.2) is 11.1 Å². The zero-order valence-electron chi connectivity index (χ0n) is 18.8. The van der Waals surface area contributed by atoms with Crippen LogP contribution in [0.3, 0.4) is 0 Å². The predicted octanol–water partition coefficient (Wildman–Crippen LogP) is 3.81. The predicted molar refractivity (Wildman–Crippen MR) is 139 cm³/mol. The number of guanidine groups is 1. The van der Waals surface area contributed by atoms with Crippen LogP contribution in [-0.4, -0.2) is 51.4 Å². The number of anilines is 1. The summed E-state index contributed by atoms with van der Waals surface area (Å²) in [5.74, 6) is 2.16. The Labute approximate surface area is 206 Å². The summed E-state index contributed by atoms with van der Waals surface area (Å²) in [7, 11) is 4.01. The second-order valence-electron chi connectivity index (χ2n) is 7.72. The molecule has 1 aromatic heterocycles. The Morgan fingerprint density at radius 1 is 1.35 bits per heavy atom. The van der Waals surface area contributed by atoms with Gasteiger partial charge >= 0.3 is 0 Å². The van der Waals surface area contributed by atoms with Gasteiger partial charge in [0.2, 0.25) is 0 Å². The molecule has 172 valence electrons. The molecule has 1 aliphatic heterocycles. The van der Waals surface area contributed by atoms with Crippen molar-refractivity contribution in [2.24, 2.45) is 10.9 Å². The van der Waals surface area contributed by atoms with E-state index in [0.717, 1.165) is 54.3 Å². The molecule has 0 bridgehead atoms. The molecule has 0 aliphatic carbocycles. The summed E-state index contributed by atoms with van der Waals surface area (Å²) >= 11 is 1.64. The number of nitrogens with one attached hydrogen (secondary N) is 2. The quantitative estimate of drug-likeness (QED) is 0.277. The number of hydrogen-bond donors (Lipinski definition) is 2. The van der Waals surface area contributed by atoms with E-state index >= 15 is 0 Å². The second-order valence-corrected chi connectivity index (χ2v) is 8.55. The lowest BCUT2D eigenvalue weighted by molar-refractivity contribution is 0.166. The van der Waals surface area contributed by atoms with Crippen LogP contribution >= 0.6 is 35.3 Å². The van der Waals surface area contributed by atoms with Crippen LogP contribution in [0.25, 0.3) is 0 Å². The van der Waals surface area contributed by atoms with Crippen LogP contribution in [0.2, 0.25) is 0 Å². The van der Waals surface area contributed by atoms with E-state index in [1.807, 2.05) is 19.0 Å². The maximum atomic E-state index is 6.15. The fraction of sp³-hybridized carbons (Fsp3) is 0.545. The number of aryl methyl sites for hydroxylation is 1. The molecule has 1 saturated heterocycles. The smallest absolute Gasteiger partial charge is 0.191 e. The first-order valence-electron chi connectivity index (χ1n) is 10.5. The molecule has 1 fully saturated rings. The van der Waals surface area contributed by atoms with E-state index in [1.54, 1.807) is 11.3 Å². The summed E-state index contributed by atoms with van der Waals surface area (Å²) < 4.78 is 11.6. The van der Waals surface area contributed by atoms with E-state index in [4.69, 9.17) is 14.5 Å². The zero-order chi connectivity index (χ0) is 21.3. The normalized spacial score (nSPS) is 16.0. The molecule has 0 saturated carbocycles. The molecule has 31 heavy (non-hydrogen) atoms. The Balaban J connectivity index is 0.00000341. The summed E-state index contributed by atoms with van der Waals surface area (Å²) in [4.78, 5) is 11.4. The summed E-state index contributed by atoms with van der Waals surface area (Å²) in [6.45, 7) is 8.45. The standard InChI is InChI=1S/C22H33N5O2S.HI/c1-5-23-21(25-12-19-15-30-22(26-19)27(3)4)24-11-18-7-6-16(2)10-20(18)29-14-17-8-9-28-13-17;/h6-7,10,15,17H,5,8-9,11-14H2,1-4H3,(H2,23,24,25);1H. The lowest BCUT2D eigenvalue weighted by atomic mass is 10.1. The molecular formula is C22H34IN5O2S. The molecule has 2 aromatic rings. The van der Waals surface area contributed by atoms with E-state index in [0.29, 0.717) is 25.6 Å². The SMILES string of the molecule is CCNC(=NCc1ccc(C)cc1OCC1CCOC1)NCc1csc(N(C)C)n1.I. The van der Waals surface area contributed by atoms with E-state index in [2.05, 4.69) is 53.0 Å². The molecule has 1 atom stereocenters. The van der Waals surface area contributed by atoms with Gasteiger partial charge in [-0.25, -0.2) is 9.98 Å². The van der Waals surface area contributed by atoms with Gasteiger partial charge < -0.3 is 25.0 Å². The van der Waals surface area contributed by atoms with Crippen LogP contribution in [0.5, 0.6) is 5.75 Å². The number of halogens is 1. The largest absolute Gasteiger partial charge is 0.493 e. The third kappa shape index (κ3) is 8.12. The number of hydrogen-bond acceptors (Lipinski definition) is 6. The number of nitrogens with zero attached hydrogens (tertiary/aromatic N) is 3. The van der Waals surface area contributed by atoms with Crippen molar-refractivity contribution in [1.29, 1.82) is 0 Å². The number of rotatable bonds is 9. The van der Waals surface area contributed by atoms with E-state index < -0.39 is 0 Å². The summed E-state index contributed by atoms with van der Waals surface area (Å²) in [5.41, 5.74) is 3.28. The van der Waals surface area contributed by atoms with Crippen LogP contribution in [0, 0.1) is 12.8 Å². The molecule has 9 heteroatoms. The molecular weight excluding hydrogens is 525 g/mol. The van der Waals surface area contributed by atoms with Crippen molar-refractivity contribution in [3.8, 4) is 5.75 Å². The van der Waals surface area contributed by atoms with Crippen molar-refractivity contribution in [2.75, 3.05) is 45.4 Å². The summed E-state index contributed by atoms with van der Waals surface area (Å²) in [6.07, 6.45) is 1.07. The molecule has 1 unspecified atom stereocenters. The topological polar surface area (TPSA) is 71.0 Å². The van der Waals surface area contributed by atoms with Gasteiger partial charge in [-0.1, -0.05) is 12.1 Å².